The highest BCUT2D eigenvalue weighted by atomic mass is 35.5. The van der Waals surface area contributed by atoms with Crippen molar-refractivity contribution in [1.29, 1.82) is 0 Å². The lowest BCUT2D eigenvalue weighted by molar-refractivity contribution is -0.122. The molecule has 2 aromatic rings. The number of nitrogens with one attached hydrogen (secondary N) is 2. The number of carbonyl (C=O) groups is 2. The molecule has 36 heavy (non-hydrogen) atoms. The molecule has 2 amide bonds. The van der Waals surface area contributed by atoms with Crippen LogP contribution in [0.3, 0.4) is 0 Å². The van der Waals surface area contributed by atoms with Crippen LogP contribution in [0.5, 0.6) is 0 Å². The van der Waals surface area contributed by atoms with Crippen molar-refractivity contribution in [3.63, 3.8) is 0 Å². The second-order valence-corrected chi connectivity index (χ2v) is 11.8. The molecule has 2 fully saturated rings. The summed E-state index contributed by atoms with van der Waals surface area (Å²) < 4.78 is 29.8. The van der Waals surface area contributed by atoms with Crippen LogP contribution in [0.15, 0.2) is 41.4 Å². The number of rotatable bonds is 8. The summed E-state index contributed by atoms with van der Waals surface area (Å²) in [5.74, 6) is 0.364. The van der Waals surface area contributed by atoms with Crippen molar-refractivity contribution in [2.75, 3.05) is 42.7 Å². The summed E-state index contributed by atoms with van der Waals surface area (Å²) in [6.07, 6.45) is 6.58. The first-order valence-corrected chi connectivity index (χ1v) is 14.4. The molecule has 11 heteroatoms. The topological polar surface area (TPSA) is 118 Å². The van der Waals surface area contributed by atoms with Gasteiger partial charge in [-0.1, -0.05) is 17.7 Å². The van der Waals surface area contributed by atoms with Gasteiger partial charge in [0.2, 0.25) is 5.91 Å². The van der Waals surface area contributed by atoms with Crippen LogP contribution in [-0.4, -0.2) is 63.8 Å². The molecule has 2 saturated heterocycles. The summed E-state index contributed by atoms with van der Waals surface area (Å²) >= 11 is 6.02. The van der Waals surface area contributed by atoms with E-state index >= 15 is 0 Å². The van der Waals surface area contributed by atoms with Crippen LogP contribution >= 0.6 is 11.6 Å². The Bertz CT molecular complexity index is 1210. The fourth-order valence-corrected chi connectivity index (χ4v) is 5.29. The van der Waals surface area contributed by atoms with Gasteiger partial charge in [-0.15, -0.1) is 0 Å². The van der Waals surface area contributed by atoms with Gasteiger partial charge in [0.1, 0.15) is 0 Å². The van der Waals surface area contributed by atoms with E-state index in [9.17, 15) is 18.0 Å². The Morgan fingerprint density at radius 2 is 1.97 bits per heavy atom. The molecule has 2 aliphatic heterocycles. The summed E-state index contributed by atoms with van der Waals surface area (Å²) in [7, 11) is -3.52. The van der Waals surface area contributed by atoms with Crippen LogP contribution in [0.4, 0.5) is 11.5 Å². The van der Waals surface area contributed by atoms with E-state index in [1.807, 2.05) is 4.90 Å². The maximum absolute atomic E-state index is 12.9. The SMILES string of the molecule is CS(=O)(=O)c1cnc(N2CCC(CC(=O)NC[C@@H]3CCCO3)CC2)c(NC(=O)c2cccc(Cl)c2)c1. The van der Waals surface area contributed by atoms with E-state index < -0.39 is 15.7 Å². The van der Waals surface area contributed by atoms with Gasteiger partial charge in [-0.25, -0.2) is 13.4 Å². The monoisotopic (exact) mass is 534 g/mol. The lowest BCUT2D eigenvalue weighted by Gasteiger charge is -2.33. The molecule has 2 aliphatic rings. The number of aromatic nitrogens is 1. The predicted molar refractivity (Wildman–Crippen MR) is 138 cm³/mol. The van der Waals surface area contributed by atoms with Crippen molar-refractivity contribution in [1.82, 2.24) is 10.3 Å². The molecule has 1 aromatic carbocycles. The normalized spacial score (nSPS) is 18.7. The molecule has 0 unspecified atom stereocenters. The highest BCUT2D eigenvalue weighted by molar-refractivity contribution is 7.90. The molecule has 9 nitrogen and oxygen atoms in total. The zero-order valence-electron chi connectivity index (χ0n) is 20.2. The minimum absolute atomic E-state index is 0.0189. The Kier molecular flexibility index (Phi) is 8.48. The Balaban J connectivity index is 1.42. The lowest BCUT2D eigenvalue weighted by atomic mass is 9.93. The minimum Gasteiger partial charge on any atom is -0.376 e. The second-order valence-electron chi connectivity index (χ2n) is 9.35. The van der Waals surface area contributed by atoms with Crippen LogP contribution in [0.1, 0.15) is 42.5 Å². The van der Waals surface area contributed by atoms with E-state index in [4.69, 9.17) is 16.3 Å². The van der Waals surface area contributed by atoms with E-state index in [0.29, 0.717) is 48.1 Å². The largest absolute Gasteiger partial charge is 0.376 e. The van der Waals surface area contributed by atoms with E-state index in [1.54, 1.807) is 24.3 Å². The standard InChI is InChI=1S/C25H31ClN4O5S/c1-36(33,34)21-14-22(29-25(32)18-4-2-5-19(26)13-18)24(28-16-21)30-9-7-17(8-10-30)12-23(31)27-15-20-6-3-11-35-20/h2,4-5,13-14,16-17,20H,3,6-12,15H2,1H3,(H,27,31)(H,29,32)/t20-/m0/s1. The number of hydrogen-bond acceptors (Lipinski definition) is 7. The fraction of sp³-hybridized carbons (Fsp3) is 0.480. The average Bonchev–Trinajstić information content (AvgIpc) is 3.37. The maximum Gasteiger partial charge on any atom is 0.255 e. The minimum atomic E-state index is -3.52. The summed E-state index contributed by atoms with van der Waals surface area (Å²) in [4.78, 5) is 31.7. The molecule has 0 bridgehead atoms. The van der Waals surface area contributed by atoms with Crippen molar-refractivity contribution in [2.45, 2.75) is 43.1 Å². The van der Waals surface area contributed by atoms with Crippen molar-refractivity contribution in [2.24, 2.45) is 5.92 Å². The Morgan fingerprint density at radius 1 is 1.19 bits per heavy atom. The number of carbonyl (C=O) groups excluding carboxylic acids is 2. The first-order chi connectivity index (χ1) is 17.2. The number of pyridine rings is 1. The van der Waals surface area contributed by atoms with Gasteiger partial charge < -0.3 is 20.3 Å². The van der Waals surface area contributed by atoms with E-state index in [1.165, 1.54) is 12.3 Å². The number of sulfone groups is 1. The Hall–Kier alpha value is -2.69. The molecule has 0 aliphatic carbocycles. The predicted octanol–water partition coefficient (Wildman–Crippen LogP) is 3.29. The Morgan fingerprint density at radius 3 is 2.64 bits per heavy atom. The van der Waals surface area contributed by atoms with Crippen molar-refractivity contribution < 1.29 is 22.7 Å². The quantitative estimate of drug-likeness (QED) is 0.533. The van der Waals surface area contributed by atoms with E-state index in [0.717, 1.165) is 38.5 Å². The van der Waals surface area contributed by atoms with Gasteiger partial charge in [-0.2, -0.15) is 0 Å². The summed E-state index contributed by atoms with van der Waals surface area (Å²) in [5.41, 5.74) is 0.668. The molecule has 0 spiro atoms. The molecular weight excluding hydrogens is 504 g/mol. The smallest absolute Gasteiger partial charge is 0.255 e. The second kappa shape index (κ2) is 11.6. The van der Waals surface area contributed by atoms with Gasteiger partial charge in [-0.05, 0) is 55.9 Å². The van der Waals surface area contributed by atoms with Crippen molar-refractivity contribution >= 4 is 44.8 Å². The van der Waals surface area contributed by atoms with Gasteiger partial charge in [0.25, 0.3) is 5.91 Å². The van der Waals surface area contributed by atoms with Crippen LogP contribution in [0.2, 0.25) is 5.02 Å². The number of piperidine rings is 1. The van der Waals surface area contributed by atoms with Crippen LogP contribution in [-0.2, 0) is 19.4 Å². The van der Waals surface area contributed by atoms with Crippen LogP contribution in [0.25, 0.3) is 0 Å². The van der Waals surface area contributed by atoms with Gasteiger partial charge >= 0.3 is 0 Å². The first kappa shape index (κ1) is 26.4. The number of hydrogen-bond donors (Lipinski definition) is 2. The summed E-state index contributed by atoms with van der Waals surface area (Å²) in [6, 6.07) is 7.95. The maximum atomic E-state index is 12.9. The first-order valence-electron chi connectivity index (χ1n) is 12.1. The van der Waals surface area contributed by atoms with E-state index in [2.05, 4.69) is 15.6 Å². The molecule has 0 saturated carbocycles. The molecule has 3 heterocycles. The summed E-state index contributed by atoms with van der Waals surface area (Å²) in [6.45, 7) is 2.59. The zero-order valence-corrected chi connectivity index (χ0v) is 21.8. The number of amides is 2. The molecule has 4 rings (SSSR count). The van der Waals surface area contributed by atoms with Crippen LogP contribution < -0.4 is 15.5 Å². The fourth-order valence-electron chi connectivity index (χ4n) is 4.53. The number of benzene rings is 1. The number of ether oxygens (including phenoxy) is 1. The van der Waals surface area contributed by atoms with E-state index in [-0.39, 0.29) is 22.8 Å². The average molecular weight is 535 g/mol. The van der Waals surface area contributed by atoms with Crippen LogP contribution in [0, 0.1) is 5.92 Å². The van der Waals surface area contributed by atoms with Gasteiger partial charge in [0.15, 0.2) is 15.7 Å². The van der Waals surface area contributed by atoms with Gasteiger partial charge in [0, 0.05) is 55.7 Å². The van der Waals surface area contributed by atoms with Gasteiger partial charge in [0.05, 0.1) is 16.7 Å². The molecule has 2 N–H and O–H groups in total. The molecule has 1 atom stereocenters. The third kappa shape index (κ3) is 6.96. The van der Waals surface area contributed by atoms with Gasteiger partial charge in [-0.3, -0.25) is 9.59 Å². The summed E-state index contributed by atoms with van der Waals surface area (Å²) in [5, 5.41) is 6.21. The number of nitrogens with zero attached hydrogens (tertiary/aromatic N) is 2. The molecule has 1 aromatic heterocycles. The third-order valence-corrected chi connectivity index (χ3v) is 7.86. The number of halogens is 1. The lowest BCUT2D eigenvalue weighted by Crippen LogP contribution is -2.38. The van der Waals surface area contributed by atoms with Crippen molar-refractivity contribution in [3.05, 3.63) is 47.1 Å². The highest BCUT2D eigenvalue weighted by Gasteiger charge is 2.26. The number of anilines is 2. The molecule has 0 radical (unpaired) electrons. The third-order valence-electron chi connectivity index (χ3n) is 6.54. The zero-order chi connectivity index (χ0) is 25.7. The molecular formula is C25H31ClN4O5S. The van der Waals surface area contributed by atoms with Crippen molar-refractivity contribution in [3.8, 4) is 0 Å². The molecule has 194 valence electrons. The Labute approximate surface area is 216 Å². The highest BCUT2D eigenvalue weighted by Crippen LogP contribution is 2.31.